The number of aromatic nitrogens is 2. The van der Waals surface area contributed by atoms with Crippen molar-refractivity contribution < 1.29 is 4.74 Å². The van der Waals surface area contributed by atoms with Crippen molar-refractivity contribution in [3.05, 3.63) is 47.8 Å². The molecule has 1 aromatic carbocycles. The molecule has 0 bridgehead atoms. The zero-order valence-electron chi connectivity index (χ0n) is 18.8. The first-order valence-electron chi connectivity index (χ1n) is 11.2. The van der Waals surface area contributed by atoms with Crippen LogP contribution < -0.4 is 10.6 Å². The van der Waals surface area contributed by atoms with Gasteiger partial charge in [0.1, 0.15) is 0 Å². The number of nitrogens with zero attached hydrogens (tertiary/aromatic N) is 4. The van der Waals surface area contributed by atoms with Gasteiger partial charge in [-0.25, -0.2) is 4.68 Å². The number of benzene rings is 1. The van der Waals surface area contributed by atoms with Crippen molar-refractivity contribution in [2.75, 3.05) is 52.5 Å². The van der Waals surface area contributed by atoms with E-state index in [2.05, 4.69) is 52.8 Å². The SMILES string of the molecule is CCNC(=NCCCc1cn(-c2ccccc2)nc1C)NCCCN1CCOCC1.I. The first kappa shape index (κ1) is 25.6. The van der Waals surface area contributed by atoms with Gasteiger partial charge < -0.3 is 15.4 Å². The molecule has 0 atom stereocenters. The van der Waals surface area contributed by atoms with E-state index in [1.165, 1.54) is 5.56 Å². The highest BCUT2D eigenvalue weighted by Gasteiger charge is 2.09. The minimum Gasteiger partial charge on any atom is -0.379 e. The zero-order chi connectivity index (χ0) is 21.0. The maximum Gasteiger partial charge on any atom is 0.191 e. The van der Waals surface area contributed by atoms with Crippen molar-refractivity contribution >= 4 is 29.9 Å². The number of ether oxygens (including phenoxy) is 1. The fourth-order valence-electron chi connectivity index (χ4n) is 3.59. The van der Waals surface area contributed by atoms with Gasteiger partial charge in [0.25, 0.3) is 0 Å². The number of rotatable bonds is 10. The first-order chi connectivity index (χ1) is 14.8. The van der Waals surface area contributed by atoms with Crippen LogP contribution in [0, 0.1) is 6.92 Å². The molecule has 172 valence electrons. The molecule has 0 spiro atoms. The number of halogens is 1. The predicted octanol–water partition coefficient (Wildman–Crippen LogP) is 3.01. The third-order valence-electron chi connectivity index (χ3n) is 5.29. The van der Waals surface area contributed by atoms with Gasteiger partial charge in [-0.2, -0.15) is 5.10 Å². The number of nitrogens with one attached hydrogen (secondary N) is 2. The van der Waals surface area contributed by atoms with Crippen LogP contribution >= 0.6 is 24.0 Å². The molecule has 0 aliphatic carbocycles. The van der Waals surface area contributed by atoms with Gasteiger partial charge in [-0.15, -0.1) is 24.0 Å². The molecule has 8 heteroatoms. The van der Waals surface area contributed by atoms with E-state index in [9.17, 15) is 0 Å². The average molecular weight is 540 g/mol. The van der Waals surface area contributed by atoms with Crippen LogP contribution in [-0.4, -0.2) is 73.1 Å². The predicted molar refractivity (Wildman–Crippen MR) is 138 cm³/mol. The lowest BCUT2D eigenvalue weighted by molar-refractivity contribution is 0.0376. The molecule has 0 amide bonds. The Morgan fingerprint density at radius 1 is 1.13 bits per heavy atom. The van der Waals surface area contributed by atoms with Crippen molar-refractivity contribution in [2.45, 2.75) is 33.1 Å². The Morgan fingerprint density at radius 2 is 1.90 bits per heavy atom. The molecule has 1 fully saturated rings. The van der Waals surface area contributed by atoms with E-state index in [1.807, 2.05) is 22.9 Å². The molecule has 31 heavy (non-hydrogen) atoms. The van der Waals surface area contributed by atoms with Crippen molar-refractivity contribution in [3.8, 4) is 5.69 Å². The lowest BCUT2D eigenvalue weighted by Gasteiger charge is -2.26. The number of guanidine groups is 1. The van der Waals surface area contributed by atoms with Crippen molar-refractivity contribution in [1.29, 1.82) is 0 Å². The second kappa shape index (κ2) is 14.4. The van der Waals surface area contributed by atoms with Crippen LogP contribution in [0.25, 0.3) is 5.69 Å². The van der Waals surface area contributed by atoms with Gasteiger partial charge in [0.15, 0.2) is 5.96 Å². The van der Waals surface area contributed by atoms with E-state index in [4.69, 9.17) is 9.73 Å². The highest BCUT2D eigenvalue weighted by atomic mass is 127. The number of hydrogen-bond acceptors (Lipinski definition) is 4. The summed E-state index contributed by atoms with van der Waals surface area (Å²) in [5, 5.41) is 11.5. The normalized spacial score (nSPS) is 14.8. The maximum atomic E-state index is 5.40. The third-order valence-corrected chi connectivity index (χ3v) is 5.29. The molecule has 2 aromatic rings. The smallest absolute Gasteiger partial charge is 0.191 e. The van der Waals surface area contributed by atoms with Gasteiger partial charge in [-0.05, 0) is 57.4 Å². The molecule has 0 unspecified atom stereocenters. The molecule has 2 heterocycles. The highest BCUT2D eigenvalue weighted by Crippen LogP contribution is 2.13. The number of morpholine rings is 1. The molecule has 3 rings (SSSR count). The van der Waals surface area contributed by atoms with E-state index in [0.717, 1.165) is 89.1 Å². The van der Waals surface area contributed by atoms with Gasteiger partial charge in [0.05, 0.1) is 24.6 Å². The summed E-state index contributed by atoms with van der Waals surface area (Å²) >= 11 is 0. The molecule has 2 N–H and O–H groups in total. The average Bonchev–Trinajstić information content (AvgIpc) is 3.16. The molecular formula is C23H37IN6O. The fourth-order valence-corrected chi connectivity index (χ4v) is 3.59. The van der Waals surface area contributed by atoms with Crippen molar-refractivity contribution in [2.24, 2.45) is 4.99 Å². The third kappa shape index (κ3) is 8.78. The van der Waals surface area contributed by atoms with E-state index < -0.39 is 0 Å². The Morgan fingerprint density at radius 3 is 2.65 bits per heavy atom. The van der Waals surface area contributed by atoms with Crippen LogP contribution in [0.1, 0.15) is 31.0 Å². The minimum absolute atomic E-state index is 0. The van der Waals surface area contributed by atoms with Gasteiger partial charge in [-0.3, -0.25) is 9.89 Å². The van der Waals surface area contributed by atoms with Crippen molar-refractivity contribution in [1.82, 2.24) is 25.3 Å². The maximum absolute atomic E-state index is 5.40. The largest absolute Gasteiger partial charge is 0.379 e. The summed E-state index contributed by atoms with van der Waals surface area (Å²) in [5.74, 6) is 0.913. The standard InChI is InChI=1S/C23H36N6O.HI/c1-3-24-23(26-13-8-14-28-15-17-30-18-16-28)25-12-7-9-21-19-29(27-20(21)2)22-10-5-4-6-11-22;/h4-6,10-11,19H,3,7-9,12-18H2,1-2H3,(H2,24,25,26);1H. The van der Waals surface area contributed by atoms with Gasteiger partial charge in [0.2, 0.25) is 0 Å². The monoisotopic (exact) mass is 540 g/mol. The summed E-state index contributed by atoms with van der Waals surface area (Å²) in [6.07, 6.45) is 5.25. The molecule has 1 aliphatic heterocycles. The van der Waals surface area contributed by atoms with Crippen LogP contribution in [0.15, 0.2) is 41.5 Å². The van der Waals surface area contributed by atoms with Gasteiger partial charge >= 0.3 is 0 Å². The molecule has 1 aromatic heterocycles. The summed E-state index contributed by atoms with van der Waals surface area (Å²) < 4.78 is 7.37. The Labute approximate surface area is 203 Å². The summed E-state index contributed by atoms with van der Waals surface area (Å²) in [7, 11) is 0. The summed E-state index contributed by atoms with van der Waals surface area (Å²) in [6, 6.07) is 10.3. The Bertz CT molecular complexity index is 774. The topological polar surface area (TPSA) is 66.7 Å². The van der Waals surface area contributed by atoms with E-state index >= 15 is 0 Å². The molecule has 1 saturated heterocycles. The second-order valence-electron chi connectivity index (χ2n) is 7.62. The van der Waals surface area contributed by atoms with E-state index in [-0.39, 0.29) is 24.0 Å². The molecule has 1 aliphatic rings. The van der Waals surface area contributed by atoms with Gasteiger partial charge in [0, 0.05) is 38.9 Å². The molecule has 7 nitrogen and oxygen atoms in total. The summed E-state index contributed by atoms with van der Waals surface area (Å²) in [4.78, 5) is 7.21. The summed E-state index contributed by atoms with van der Waals surface area (Å²) in [5.41, 5.74) is 3.48. The number of aliphatic imine (C=N–C) groups is 1. The highest BCUT2D eigenvalue weighted by molar-refractivity contribution is 14.0. The fraction of sp³-hybridized carbons (Fsp3) is 0.565. The number of hydrogen-bond donors (Lipinski definition) is 2. The quantitative estimate of drug-likeness (QED) is 0.210. The minimum atomic E-state index is 0. The Balaban J connectivity index is 0.00000341. The van der Waals surface area contributed by atoms with Crippen LogP contribution in [0.2, 0.25) is 0 Å². The van der Waals surface area contributed by atoms with E-state index in [0.29, 0.717) is 0 Å². The van der Waals surface area contributed by atoms with Crippen LogP contribution in [-0.2, 0) is 11.2 Å². The molecule has 0 saturated carbocycles. The summed E-state index contributed by atoms with van der Waals surface area (Å²) in [6.45, 7) is 11.7. The Kier molecular flexibility index (Phi) is 11.9. The van der Waals surface area contributed by atoms with E-state index in [1.54, 1.807) is 0 Å². The van der Waals surface area contributed by atoms with Crippen LogP contribution in [0.4, 0.5) is 0 Å². The molecule has 0 radical (unpaired) electrons. The van der Waals surface area contributed by atoms with Crippen LogP contribution in [0.3, 0.4) is 0 Å². The van der Waals surface area contributed by atoms with Gasteiger partial charge in [-0.1, -0.05) is 18.2 Å². The lowest BCUT2D eigenvalue weighted by Crippen LogP contribution is -2.40. The zero-order valence-corrected chi connectivity index (χ0v) is 21.2. The van der Waals surface area contributed by atoms with Crippen molar-refractivity contribution in [3.63, 3.8) is 0 Å². The number of aryl methyl sites for hydroxylation is 2. The Hall–Kier alpha value is -1.65. The lowest BCUT2D eigenvalue weighted by atomic mass is 10.1. The first-order valence-corrected chi connectivity index (χ1v) is 11.2. The second-order valence-corrected chi connectivity index (χ2v) is 7.62. The molecular weight excluding hydrogens is 503 g/mol. The van der Waals surface area contributed by atoms with Crippen LogP contribution in [0.5, 0.6) is 0 Å². The number of para-hydroxylation sites is 1.